The van der Waals surface area contributed by atoms with Crippen molar-refractivity contribution in [2.45, 2.75) is 38.4 Å². The van der Waals surface area contributed by atoms with Crippen molar-refractivity contribution in [3.05, 3.63) is 42.5 Å². The molecule has 0 unspecified atom stereocenters. The van der Waals surface area contributed by atoms with Crippen LogP contribution in [0.5, 0.6) is 5.75 Å². The Morgan fingerprint density at radius 1 is 1.09 bits per heavy atom. The van der Waals surface area contributed by atoms with Gasteiger partial charge in [-0.05, 0) is 53.0 Å². The third-order valence-corrected chi connectivity index (χ3v) is 6.35. The molecule has 0 aliphatic heterocycles. The van der Waals surface area contributed by atoms with Crippen LogP contribution in [0.25, 0.3) is 10.8 Å². The molecule has 3 heteroatoms. The van der Waals surface area contributed by atoms with E-state index in [1.807, 2.05) is 36.4 Å². The normalized spacial score (nSPS) is 34.9. The number of hydrogen-bond acceptors (Lipinski definition) is 3. The third kappa shape index (κ3) is 2.18. The van der Waals surface area contributed by atoms with Gasteiger partial charge in [-0.1, -0.05) is 44.2 Å². The summed E-state index contributed by atoms with van der Waals surface area (Å²) in [5, 5.41) is 23.7. The summed E-state index contributed by atoms with van der Waals surface area (Å²) >= 11 is 0. The Hall–Kier alpha value is -1.58. The van der Waals surface area contributed by atoms with Gasteiger partial charge in [-0.15, -0.1) is 0 Å². The second kappa shape index (κ2) is 4.96. The van der Waals surface area contributed by atoms with Gasteiger partial charge in [0.15, 0.2) is 0 Å². The van der Waals surface area contributed by atoms with Crippen LogP contribution in [-0.2, 0) is 0 Å². The predicted molar refractivity (Wildman–Crippen MR) is 90.4 cm³/mol. The summed E-state index contributed by atoms with van der Waals surface area (Å²) in [6.07, 6.45) is 0.961. The molecule has 4 atom stereocenters. The molecule has 3 saturated carbocycles. The standard InChI is InChI=1S/C20H24O3/c1-19(2)15-10-17(19)20(22,18(21)11-15)12-23-16-8-7-13-5-3-4-6-14(13)9-16/h3-9,15,17-18,21-22H,10-12H2,1-2H3/t15-,17-,18+,20-/m1/s1. The van der Waals surface area contributed by atoms with Crippen molar-refractivity contribution in [2.24, 2.45) is 17.3 Å². The zero-order valence-corrected chi connectivity index (χ0v) is 13.7. The van der Waals surface area contributed by atoms with Gasteiger partial charge in [-0.2, -0.15) is 0 Å². The molecule has 2 aromatic rings. The second-order valence-corrected chi connectivity index (χ2v) is 7.85. The fourth-order valence-corrected chi connectivity index (χ4v) is 4.62. The van der Waals surface area contributed by atoms with Crippen molar-refractivity contribution in [3.8, 4) is 5.75 Å². The van der Waals surface area contributed by atoms with Crippen molar-refractivity contribution >= 4 is 10.8 Å². The zero-order valence-electron chi connectivity index (χ0n) is 13.7. The molecule has 3 aliphatic carbocycles. The molecule has 2 aromatic carbocycles. The van der Waals surface area contributed by atoms with Crippen LogP contribution < -0.4 is 4.74 Å². The highest BCUT2D eigenvalue weighted by Crippen LogP contribution is 2.62. The number of fused-ring (bicyclic) bond motifs is 3. The highest BCUT2D eigenvalue weighted by Gasteiger charge is 2.64. The zero-order chi connectivity index (χ0) is 16.2. The Kier molecular flexibility index (Phi) is 3.23. The van der Waals surface area contributed by atoms with E-state index in [1.54, 1.807) is 0 Å². The summed E-state index contributed by atoms with van der Waals surface area (Å²) in [5.41, 5.74) is -1.06. The lowest BCUT2D eigenvalue weighted by atomic mass is 9.43. The van der Waals surface area contributed by atoms with Gasteiger partial charge in [0.25, 0.3) is 0 Å². The van der Waals surface area contributed by atoms with E-state index < -0.39 is 11.7 Å². The van der Waals surface area contributed by atoms with E-state index in [4.69, 9.17) is 4.74 Å². The van der Waals surface area contributed by atoms with Crippen molar-refractivity contribution in [2.75, 3.05) is 6.61 Å². The molecule has 0 aromatic heterocycles. The molecule has 0 heterocycles. The molecule has 0 saturated heterocycles. The maximum Gasteiger partial charge on any atom is 0.128 e. The van der Waals surface area contributed by atoms with Crippen LogP contribution in [0.3, 0.4) is 0 Å². The molecule has 3 aliphatic rings. The van der Waals surface area contributed by atoms with Gasteiger partial charge in [0.05, 0.1) is 6.10 Å². The smallest absolute Gasteiger partial charge is 0.128 e. The lowest BCUT2D eigenvalue weighted by molar-refractivity contribution is -0.262. The van der Waals surface area contributed by atoms with E-state index in [2.05, 4.69) is 19.9 Å². The number of hydrogen-bond donors (Lipinski definition) is 2. The minimum atomic E-state index is -1.15. The van der Waals surface area contributed by atoms with Crippen molar-refractivity contribution < 1.29 is 14.9 Å². The number of rotatable bonds is 3. The monoisotopic (exact) mass is 312 g/mol. The largest absolute Gasteiger partial charge is 0.490 e. The number of aliphatic hydroxyl groups excluding tert-OH is 1. The fraction of sp³-hybridized carbons (Fsp3) is 0.500. The van der Waals surface area contributed by atoms with Crippen LogP contribution >= 0.6 is 0 Å². The maximum atomic E-state index is 11.1. The molecular formula is C20H24O3. The quantitative estimate of drug-likeness (QED) is 0.913. The first kappa shape index (κ1) is 15.0. The van der Waals surface area contributed by atoms with Gasteiger partial charge in [-0.3, -0.25) is 0 Å². The van der Waals surface area contributed by atoms with Crippen LogP contribution in [0.2, 0.25) is 0 Å². The molecular weight excluding hydrogens is 288 g/mol. The fourth-order valence-electron chi connectivity index (χ4n) is 4.62. The summed E-state index contributed by atoms with van der Waals surface area (Å²) in [4.78, 5) is 0. The van der Waals surface area contributed by atoms with Crippen LogP contribution in [-0.4, -0.2) is 28.5 Å². The molecule has 122 valence electrons. The number of benzene rings is 2. The molecule has 0 amide bonds. The van der Waals surface area contributed by atoms with E-state index in [-0.39, 0.29) is 17.9 Å². The summed E-state index contributed by atoms with van der Waals surface area (Å²) < 4.78 is 5.91. The molecule has 2 bridgehead atoms. The van der Waals surface area contributed by atoms with Gasteiger partial charge in [0.2, 0.25) is 0 Å². The Bertz CT molecular complexity index is 738. The van der Waals surface area contributed by atoms with Gasteiger partial charge < -0.3 is 14.9 Å². The molecule has 0 radical (unpaired) electrons. The Balaban J connectivity index is 1.55. The molecule has 23 heavy (non-hydrogen) atoms. The summed E-state index contributed by atoms with van der Waals surface area (Å²) in [7, 11) is 0. The molecule has 3 nitrogen and oxygen atoms in total. The topological polar surface area (TPSA) is 49.7 Å². The van der Waals surface area contributed by atoms with E-state index in [0.717, 1.165) is 17.6 Å². The Morgan fingerprint density at radius 3 is 2.57 bits per heavy atom. The molecule has 5 rings (SSSR count). The van der Waals surface area contributed by atoms with E-state index >= 15 is 0 Å². The summed E-state index contributed by atoms with van der Waals surface area (Å²) in [5.74, 6) is 1.36. The first-order valence-electron chi connectivity index (χ1n) is 8.43. The average molecular weight is 312 g/mol. The van der Waals surface area contributed by atoms with Crippen molar-refractivity contribution in [3.63, 3.8) is 0 Å². The SMILES string of the molecule is CC1(C)[C@@H]2C[C@H]1[C@](O)(COc1ccc3ccccc3c1)[C@@H](O)C2. The summed E-state index contributed by atoms with van der Waals surface area (Å²) in [6.45, 7) is 4.53. The lowest BCUT2D eigenvalue weighted by Crippen LogP contribution is -2.69. The van der Waals surface area contributed by atoms with Gasteiger partial charge in [0, 0.05) is 0 Å². The minimum absolute atomic E-state index is 0.0841. The minimum Gasteiger partial charge on any atom is -0.490 e. The van der Waals surface area contributed by atoms with Crippen molar-refractivity contribution in [1.29, 1.82) is 0 Å². The first-order chi connectivity index (χ1) is 10.9. The van der Waals surface area contributed by atoms with Crippen molar-refractivity contribution in [1.82, 2.24) is 0 Å². The first-order valence-corrected chi connectivity index (χ1v) is 8.43. The Morgan fingerprint density at radius 2 is 1.83 bits per heavy atom. The highest BCUT2D eigenvalue weighted by atomic mass is 16.5. The van der Waals surface area contributed by atoms with Gasteiger partial charge in [0.1, 0.15) is 18.0 Å². The molecule has 2 N–H and O–H groups in total. The predicted octanol–water partition coefficient (Wildman–Crippen LogP) is 3.38. The maximum absolute atomic E-state index is 11.1. The van der Waals surface area contributed by atoms with Crippen LogP contribution in [0.1, 0.15) is 26.7 Å². The Labute approximate surface area is 136 Å². The van der Waals surface area contributed by atoms with E-state index in [9.17, 15) is 10.2 Å². The van der Waals surface area contributed by atoms with Crippen LogP contribution in [0.15, 0.2) is 42.5 Å². The lowest BCUT2D eigenvalue weighted by Gasteiger charge is -2.64. The molecule has 3 fully saturated rings. The summed E-state index contributed by atoms with van der Waals surface area (Å²) in [6, 6.07) is 14.1. The average Bonchev–Trinajstić information content (AvgIpc) is 2.55. The van der Waals surface area contributed by atoms with Gasteiger partial charge >= 0.3 is 0 Å². The van der Waals surface area contributed by atoms with E-state index in [1.165, 1.54) is 5.39 Å². The molecule has 0 spiro atoms. The van der Waals surface area contributed by atoms with Crippen LogP contribution in [0.4, 0.5) is 0 Å². The number of aliphatic hydroxyl groups is 2. The van der Waals surface area contributed by atoms with E-state index in [0.29, 0.717) is 12.3 Å². The van der Waals surface area contributed by atoms with Crippen LogP contribution in [0, 0.1) is 17.3 Å². The number of ether oxygens (including phenoxy) is 1. The van der Waals surface area contributed by atoms with Gasteiger partial charge in [-0.25, -0.2) is 0 Å². The third-order valence-electron chi connectivity index (χ3n) is 6.35. The second-order valence-electron chi connectivity index (χ2n) is 7.85. The highest BCUT2D eigenvalue weighted by molar-refractivity contribution is 5.83.